The lowest BCUT2D eigenvalue weighted by Gasteiger charge is -2.01. The number of halogens is 1. The molecule has 0 aliphatic carbocycles. The minimum atomic E-state index is 0.250. The van der Waals surface area contributed by atoms with Crippen LogP contribution in [0.2, 0.25) is 5.15 Å². The summed E-state index contributed by atoms with van der Waals surface area (Å²) in [5.74, 6) is 0. The van der Waals surface area contributed by atoms with Crippen molar-refractivity contribution in [2.24, 2.45) is 0 Å². The zero-order valence-electron chi connectivity index (χ0n) is 22.4. The highest BCUT2D eigenvalue weighted by atomic mass is 35.5. The summed E-state index contributed by atoms with van der Waals surface area (Å²) < 4.78 is 8.67. The smallest absolute Gasteiger partial charge is 0.373 e. The summed E-state index contributed by atoms with van der Waals surface area (Å²) in [4.78, 5) is 41.2. The third-order valence-corrected chi connectivity index (χ3v) is 5.45. The first kappa shape index (κ1) is 32.3. The van der Waals surface area contributed by atoms with Crippen molar-refractivity contribution in [3.05, 3.63) is 58.1 Å². The Bertz CT molecular complexity index is 1330. The molecule has 0 radical (unpaired) electrons. The molecule has 0 saturated carbocycles. The molecular formula is C26H33ClN6O5. The molecule has 1 fully saturated rings. The van der Waals surface area contributed by atoms with Gasteiger partial charge in [0.2, 0.25) is 0 Å². The van der Waals surface area contributed by atoms with Crippen LogP contribution in [-0.4, -0.2) is 54.7 Å². The number of carbonyl (C=O) groups excluding carboxylic acids is 4. The molecule has 0 unspecified atom stereocenters. The van der Waals surface area contributed by atoms with E-state index < -0.39 is 0 Å². The Kier molecular flexibility index (Phi) is 15.0. The number of hydrogen-bond acceptors (Lipinski definition) is 9. The van der Waals surface area contributed by atoms with Gasteiger partial charge in [0.05, 0.1) is 46.4 Å². The number of aromatic nitrogens is 6. The van der Waals surface area contributed by atoms with E-state index in [9.17, 15) is 0 Å². The van der Waals surface area contributed by atoms with Crippen LogP contribution in [0.3, 0.4) is 0 Å². The van der Waals surface area contributed by atoms with Gasteiger partial charge in [0, 0.05) is 13.2 Å². The molecule has 0 bridgehead atoms. The van der Waals surface area contributed by atoms with Crippen molar-refractivity contribution in [2.45, 2.75) is 66.7 Å². The normalized spacial score (nSPS) is 11.4. The minimum absolute atomic E-state index is 0.250. The maximum absolute atomic E-state index is 8.12. The fourth-order valence-corrected chi connectivity index (χ4v) is 3.74. The molecule has 5 heterocycles. The summed E-state index contributed by atoms with van der Waals surface area (Å²) in [6.07, 6.45) is 9.76. The van der Waals surface area contributed by atoms with Crippen LogP contribution >= 0.6 is 11.6 Å². The molecule has 38 heavy (non-hydrogen) atoms. The van der Waals surface area contributed by atoms with E-state index >= 15 is 0 Å². The van der Waals surface area contributed by atoms with E-state index in [4.69, 9.17) is 35.5 Å². The predicted molar refractivity (Wildman–Crippen MR) is 139 cm³/mol. The standard InChI is InChI=1S/C11H15N3.C9H10ClN3.C4H8O.2CO2/c1-4-9-6-11-10(5-2)12-8(3)7-14(11)13-9;1-3-7-4-8-9(10)11-6(2)5-13(8)12-7;1-2-4-5-3-1;2*2-1-3/h6-7H,4-5H2,1-3H3;4-5H,3H2,1-2H3;1-4H2;;. The summed E-state index contributed by atoms with van der Waals surface area (Å²) in [5.41, 5.74) is 7.24. The Labute approximate surface area is 226 Å². The predicted octanol–water partition coefficient (Wildman–Crippen LogP) is 4.05. The van der Waals surface area contributed by atoms with E-state index in [-0.39, 0.29) is 12.3 Å². The van der Waals surface area contributed by atoms with Gasteiger partial charge in [-0.1, -0.05) is 32.4 Å². The number of fused-ring (bicyclic) bond motifs is 2. The van der Waals surface area contributed by atoms with Crippen molar-refractivity contribution in [2.75, 3.05) is 13.2 Å². The third-order valence-electron chi connectivity index (χ3n) is 5.17. The van der Waals surface area contributed by atoms with E-state index in [1.165, 1.54) is 12.8 Å². The SMILES string of the molecule is C1CCOC1.CCc1cc2c(CC)nc(C)cn2n1.CCc1cc2c(Cl)nc(C)cn2n1.O=C=O.O=C=O. The molecule has 0 amide bonds. The summed E-state index contributed by atoms with van der Waals surface area (Å²) in [5, 5.41) is 9.34. The molecule has 204 valence electrons. The summed E-state index contributed by atoms with van der Waals surface area (Å²) in [6.45, 7) is 12.2. The second kappa shape index (κ2) is 17.7. The lowest BCUT2D eigenvalue weighted by Crippen LogP contribution is -1.98. The van der Waals surface area contributed by atoms with Crippen molar-refractivity contribution in [3.8, 4) is 0 Å². The molecule has 4 aromatic rings. The number of aryl methyl sites for hydroxylation is 5. The van der Waals surface area contributed by atoms with Gasteiger partial charge in [-0.2, -0.15) is 29.4 Å². The number of nitrogens with zero attached hydrogens (tertiary/aromatic N) is 6. The number of ether oxygens (including phenoxy) is 1. The van der Waals surface area contributed by atoms with E-state index in [0.717, 1.165) is 72.0 Å². The molecule has 5 rings (SSSR count). The molecular weight excluding hydrogens is 512 g/mol. The second-order valence-electron chi connectivity index (χ2n) is 7.98. The maximum Gasteiger partial charge on any atom is 0.373 e. The van der Waals surface area contributed by atoms with Crippen molar-refractivity contribution in [3.63, 3.8) is 0 Å². The highest BCUT2D eigenvalue weighted by Crippen LogP contribution is 2.16. The first-order chi connectivity index (χ1) is 18.3. The van der Waals surface area contributed by atoms with Gasteiger partial charge in [0.15, 0.2) is 5.15 Å². The Morgan fingerprint density at radius 1 is 0.789 bits per heavy atom. The van der Waals surface area contributed by atoms with E-state index in [0.29, 0.717) is 5.15 Å². The van der Waals surface area contributed by atoms with Crippen LogP contribution in [0.4, 0.5) is 0 Å². The summed E-state index contributed by atoms with van der Waals surface area (Å²) >= 11 is 5.96. The summed E-state index contributed by atoms with van der Waals surface area (Å²) in [6, 6.07) is 4.10. The molecule has 0 N–H and O–H groups in total. The molecule has 1 saturated heterocycles. The molecule has 0 atom stereocenters. The monoisotopic (exact) mass is 544 g/mol. The average molecular weight is 545 g/mol. The highest BCUT2D eigenvalue weighted by Gasteiger charge is 2.06. The van der Waals surface area contributed by atoms with E-state index in [1.807, 2.05) is 36.8 Å². The molecule has 0 spiro atoms. The van der Waals surface area contributed by atoms with Gasteiger partial charge >= 0.3 is 12.3 Å². The van der Waals surface area contributed by atoms with Crippen LogP contribution in [0.25, 0.3) is 11.0 Å². The lowest BCUT2D eigenvalue weighted by atomic mass is 10.2. The van der Waals surface area contributed by atoms with Gasteiger partial charge in [-0.15, -0.1) is 0 Å². The van der Waals surface area contributed by atoms with Crippen LogP contribution in [0.15, 0.2) is 24.5 Å². The van der Waals surface area contributed by atoms with Crippen molar-refractivity contribution < 1.29 is 23.9 Å². The molecule has 1 aliphatic rings. The van der Waals surface area contributed by atoms with Crippen LogP contribution in [0, 0.1) is 13.8 Å². The second-order valence-corrected chi connectivity index (χ2v) is 8.34. The fraction of sp³-hybridized carbons (Fsp3) is 0.462. The zero-order valence-corrected chi connectivity index (χ0v) is 23.1. The highest BCUT2D eigenvalue weighted by molar-refractivity contribution is 6.32. The average Bonchev–Trinajstić information content (AvgIpc) is 3.66. The number of hydrogen-bond donors (Lipinski definition) is 0. The van der Waals surface area contributed by atoms with Gasteiger partial charge < -0.3 is 4.74 Å². The van der Waals surface area contributed by atoms with Gasteiger partial charge in [0.25, 0.3) is 0 Å². The maximum atomic E-state index is 8.12. The quantitative estimate of drug-likeness (QED) is 0.374. The Balaban J connectivity index is 0.000000276. The Morgan fingerprint density at radius 3 is 1.66 bits per heavy atom. The lowest BCUT2D eigenvalue weighted by molar-refractivity contribution is -0.193. The zero-order chi connectivity index (χ0) is 28.5. The van der Waals surface area contributed by atoms with Crippen LogP contribution in [0.1, 0.15) is 62.1 Å². The van der Waals surface area contributed by atoms with Crippen molar-refractivity contribution >= 4 is 34.9 Å². The van der Waals surface area contributed by atoms with Crippen LogP contribution in [-0.2, 0) is 43.2 Å². The minimum Gasteiger partial charge on any atom is -0.381 e. The van der Waals surface area contributed by atoms with Gasteiger partial charge in [0.1, 0.15) is 5.52 Å². The van der Waals surface area contributed by atoms with Crippen LogP contribution < -0.4 is 0 Å². The fourth-order valence-electron chi connectivity index (χ4n) is 3.47. The molecule has 12 heteroatoms. The van der Waals surface area contributed by atoms with Crippen molar-refractivity contribution in [1.82, 2.24) is 29.2 Å². The van der Waals surface area contributed by atoms with Gasteiger partial charge in [-0.3, -0.25) is 4.98 Å². The molecule has 11 nitrogen and oxygen atoms in total. The van der Waals surface area contributed by atoms with Crippen LogP contribution in [0.5, 0.6) is 0 Å². The topological polar surface area (TPSA) is 138 Å². The Morgan fingerprint density at radius 2 is 1.24 bits per heavy atom. The first-order valence-electron chi connectivity index (χ1n) is 12.2. The van der Waals surface area contributed by atoms with Gasteiger partial charge in [-0.25, -0.2) is 14.0 Å². The van der Waals surface area contributed by atoms with Gasteiger partial charge in [-0.05, 0) is 58.1 Å². The number of rotatable bonds is 3. The van der Waals surface area contributed by atoms with E-state index in [2.05, 4.69) is 47.0 Å². The van der Waals surface area contributed by atoms with Crippen molar-refractivity contribution in [1.29, 1.82) is 0 Å². The summed E-state index contributed by atoms with van der Waals surface area (Å²) in [7, 11) is 0. The third kappa shape index (κ3) is 10.3. The molecule has 0 aromatic carbocycles. The Hall–Kier alpha value is -3.75. The largest absolute Gasteiger partial charge is 0.381 e. The molecule has 1 aliphatic heterocycles. The van der Waals surface area contributed by atoms with E-state index in [1.54, 1.807) is 4.52 Å². The molecule has 4 aromatic heterocycles. The first-order valence-corrected chi connectivity index (χ1v) is 12.6.